The van der Waals surface area contributed by atoms with E-state index in [2.05, 4.69) is 88.4 Å². The zero-order chi connectivity index (χ0) is 20.1. The van der Waals surface area contributed by atoms with Crippen LogP contribution in [0.1, 0.15) is 36.5 Å². The molecule has 0 saturated carbocycles. The molecule has 5 aromatic rings. The fourth-order valence-electron chi connectivity index (χ4n) is 4.55. The predicted octanol–water partition coefficient (Wildman–Crippen LogP) is 7.34. The maximum absolute atomic E-state index is 4.78. The Morgan fingerprint density at radius 1 is 0.724 bits per heavy atom. The average molecular weight is 377 g/mol. The first-order chi connectivity index (χ1) is 14.0. The molecule has 0 fully saturated rings. The summed E-state index contributed by atoms with van der Waals surface area (Å²) in [6.45, 7) is 8.79. The van der Waals surface area contributed by atoms with E-state index in [9.17, 15) is 0 Å². The number of rotatable bonds is 2. The van der Waals surface area contributed by atoms with E-state index < -0.39 is 0 Å². The molecule has 0 N–H and O–H groups in total. The minimum atomic E-state index is 0.410. The molecule has 1 heterocycles. The van der Waals surface area contributed by atoms with Crippen LogP contribution in [0.3, 0.4) is 0 Å². The van der Waals surface area contributed by atoms with E-state index in [0.29, 0.717) is 5.92 Å². The third-order valence-corrected chi connectivity index (χ3v) is 5.77. The molecule has 0 aliphatic heterocycles. The van der Waals surface area contributed by atoms with Crippen LogP contribution in [0, 0.1) is 13.8 Å². The van der Waals surface area contributed by atoms with Gasteiger partial charge in [-0.25, -0.2) is 9.97 Å². The van der Waals surface area contributed by atoms with Gasteiger partial charge in [-0.05, 0) is 59.7 Å². The Hall–Kier alpha value is -3.26. The Kier molecular flexibility index (Phi) is 4.09. The van der Waals surface area contributed by atoms with E-state index in [1.54, 1.807) is 6.33 Å². The molecule has 0 aliphatic carbocycles. The van der Waals surface area contributed by atoms with Crippen molar-refractivity contribution in [3.05, 3.63) is 83.7 Å². The molecular weight excluding hydrogens is 352 g/mol. The summed E-state index contributed by atoms with van der Waals surface area (Å²) in [6, 6.07) is 22.0. The van der Waals surface area contributed by atoms with Gasteiger partial charge in [0.05, 0.1) is 11.2 Å². The molecule has 4 aromatic carbocycles. The normalized spacial score (nSPS) is 11.8. The SMILES string of the molecule is Cc1cc(C)cc(-c2ncnc3c2ccc2c4ccccc4cc(C(C)C)c23)c1. The van der Waals surface area contributed by atoms with Crippen LogP contribution in [-0.2, 0) is 0 Å². The second kappa shape index (κ2) is 6.66. The van der Waals surface area contributed by atoms with Gasteiger partial charge in [-0.1, -0.05) is 67.4 Å². The highest BCUT2D eigenvalue weighted by atomic mass is 14.8. The minimum Gasteiger partial charge on any atom is -0.236 e. The third-order valence-electron chi connectivity index (χ3n) is 5.77. The van der Waals surface area contributed by atoms with Gasteiger partial charge in [-0.3, -0.25) is 0 Å². The Bertz CT molecular complexity index is 1380. The van der Waals surface area contributed by atoms with Crippen molar-refractivity contribution in [2.45, 2.75) is 33.6 Å². The lowest BCUT2D eigenvalue weighted by Crippen LogP contribution is -1.96. The van der Waals surface area contributed by atoms with Crippen molar-refractivity contribution in [3.63, 3.8) is 0 Å². The lowest BCUT2D eigenvalue weighted by atomic mass is 9.89. The third kappa shape index (κ3) is 2.87. The van der Waals surface area contributed by atoms with Gasteiger partial charge >= 0.3 is 0 Å². The standard InChI is InChI=1S/C27H24N2/c1-16(2)24-14-19-7-5-6-8-21(19)22-9-10-23-26(28-15-29-27(23)25(22)24)20-12-17(3)11-18(4)13-20/h5-16H,1-4H3. The van der Waals surface area contributed by atoms with Crippen molar-refractivity contribution in [3.8, 4) is 11.3 Å². The summed E-state index contributed by atoms with van der Waals surface area (Å²) in [5, 5.41) is 6.20. The molecule has 142 valence electrons. The second-order valence-electron chi connectivity index (χ2n) is 8.32. The summed E-state index contributed by atoms with van der Waals surface area (Å²) in [6.07, 6.45) is 1.72. The summed E-state index contributed by atoms with van der Waals surface area (Å²) in [7, 11) is 0. The van der Waals surface area contributed by atoms with E-state index >= 15 is 0 Å². The summed E-state index contributed by atoms with van der Waals surface area (Å²) in [4.78, 5) is 9.47. The van der Waals surface area contributed by atoms with E-state index in [1.807, 2.05) is 0 Å². The molecule has 0 unspecified atom stereocenters. The molecule has 0 atom stereocenters. The Morgan fingerprint density at radius 2 is 1.45 bits per heavy atom. The first-order valence-electron chi connectivity index (χ1n) is 10.2. The number of aryl methyl sites for hydroxylation is 2. The van der Waals surface area contributed by atoms with Crippen LogP contribution in [0.5, 0.6) is 0 Å². The molecule has 0 saturated heterocycles. The van der Waals surface area contributed by atoms with Crippen molar-refractivity contribution in [1.82, 2.24) is 9.97 Å². The molecule has 2 nitrogen and oxygen atoms in total. The summed E-state index contributed by atoms with van der Waals surface area (Å²) in [5.74, 6) is 0.410. The fraction of sp³-hybridized carbons (Fsp3) is 0.185. The molecule has 1 aromatic heterocycles. The number of aromatic nitrogens is 2. The van der Waals surface area contributed by atoms with Crippen molar-refractivity contribution in [2.24, 2.45) is 0 Å². The van der Waals surface area contributed by atoms with Crippen LogP contribution in [-0.4, -0.2) is 9.97 Å². The zero-order valence-electron chi connectivity index (χ0n) is 17.3. The largest absolute Gasteiger partial charge is 0.236 e. The predicted molar refractivity (Wildman–Crippen MR) is 124 cm³/mol. The average Bonchev–Trinajstić information content (AvgIpc) is 2.71. The molecule has 0 aliphatic rings. The van der Waals surface area contributed by atoms with Gasteiger partial charge in [0.15, 0.2) is 0 Å². The van der Waals surface area contributed by atoms with Crippen molar-refractivity contribution in [1.29, 1.82) is 0 Å². The van der Waals surface area contributed by atoms with Gasteiger partial charge < -0.3 is 0 Å². The summed E-state index contributed by atoms with van der Waals surface area (Å²) >= 11 is 0. The van der Waals surface area contributed by atoms with E-state index in [-0.39, 0.29) is 0 Å². The quantitative estimate of drug-likeness (QED) is 0.301. The lowest BCUT2D eigenvalue weighted by molar-refractivity contribution is 0.878. The second-order valence-corrected chi connectivity index (χ2v) is 8.32. The molecule has 0 spiro atoms. The maximum atomic E-state index is 4.78. The van der Waals surface area contributed by atoms with E-state index in [1.165, 1.54) is 38.2 Å². The number of hydrogen-bond donors (Lipinski definition) is 0. The topological polar surface area (TPSA) is 25.8 Å². The van der Waals surface area contributed by atoms with Crippen LogP contribution in [0.25, 0.3) is 43.7 Å². The van der Waals surface area contributed by atoms with E-state index in [4.69, 9.17) is 9.97 Å². The van der Waals surface area contributed by atoms with Crippen LogP contribution in [0.4, 0.5) is 0 Å². The molecular formula is C27H24N2. The van der Waals surface area contributed by atoms with Crippen LogP contribution < -0.4 is 0 Å². The van der Waals surface area contributed by atoms with Gasteiger partial charge in [0, 0.05) is 16.3 Å². The highest BCUT2D eigenvalue weighted by molar-refractivity contribution is 6.19. The highest BCUT2D eigenvalue weighted by Crippen LogP contribution is 2.38. The van der Waals surface area contributed by atoms with Gasteiger partial charge in [-0.15, -0.1) is 0 Å². The number of hydrogen-bond acceptors (Lipinski definition) is 2. The fourth-order valence-corrected chi connectivity index (χ4v) is 4.55. The monoisotopic (exact) mass is 376 g/mol. The van der Waals surface area contributed by atoms with Gasteiger partial charge in [0.2, 0.25) is 0 Å². The summed E-state index contributed by atoms with van der Waals surface area (Å²) < 4.78 is 0. The Balaban J connectivity index is 1.94. The van der Waals surface area contributed by atoms with Crippen molar-refractivity contribution < 1.29 is 0 Å². The molecule has 0 bridgehead atoms. The zero-order valence-corrected chi connectivity index (χ0v) is 17.3. The number of benzene rings is 4. The van der Waals surface area contributed by atoms with Crippen LogP contribution >= 0.6 is 0 Å². The van der Waals surface area contributed by atoms with Crippen LogP contribution in [0.15, 0.2) is 67.0 Å². The lowest BCUT2D eigenvalue weighted by Gasteiger charge is -2.16. The summed E-state index contributed by atoms with van der Waals surface area (Å²) in [5.41, 5.74) is 7.05. The first kappa shape index (κ1) is 17.8. The Labute approximate surface area is 171 Å². The minimum absolute atomic E-state index is 0.410. The molecule has 29 heavy (non-hydrogen) atoms. The molecule has 2 heteroatoms. The van der Waals surface area contributed by atoms with Crippen molar-refractivity contribution in [2.75, 3.05) is 0 Å². The molecule has 0 amide bonds. The van der Waals surface area contributed by atoms with E-state index in [0.717, 1.165) is 22.2 Å². The molecule has 0 radical (unpaired) electrons. The number of fused-ring (bicyclic) bond motifs is 5. The van der Waals surface area contributed by atoms with Crippen molar-refractivity contribution >= 4 is 32.4 Å². The maximum Gasteiger partial charge on any atom is 0.116 e. The number of nitrogens with zero attached hydrogens (tertiary/aromatic N) is 2. The van der Waals surface area contributed by atoms with Gasteiger partial charge in [-0.2, -0.15) is 0 Å². The highest BCUT2D eigenvalue weighted by Gasteiger charge is 2.16. The van der Waals surface area contributed by atoms with Crippen LogP contribution in [0.2, 0.25) is 0 Å². The van der Waals surface area contributed by atoms with Gasteiger partial charge in [0.1, 0.15) is 6.33 Å². The van der Waals surface area contributed by atoms with Gasteiger partial charge in [0.25, 0.3) is 0 Å². The first-order valence-corrected chi connectivity index (χ1v) is 10.2. The smallest absolute Gasteiger partial charge is 0.116 e. The molecule has 5 rings (SSSR count). The Morgan fingerprint density at radius 3 is 2.21 bits per heavy atom.